The molecule has 2 aromatic heterocycles. The molecule has 2 aromatic carbocycles. The number of aryl methyl sites for hydroxylation is 1. The van der Waals surface area contributed by atoms with Crippen LogP contribution in [0.1, 0.15) is 24.2 Å². The highest BCUT2D eigenvalue weighted by atomic mass is 32.2. The van der Waals surface area contributed by atoms with Crippen molar-refractivity contribution in [2.45, 2.75) is 30.8 Å². The lowest BCUT2D eigenvalue weighted by molar-refractivity contribution is -0.121. The van der Waals surface area contributed by atoms with Gasteiger partial charge in [0.25, 0.3) is 11.8 Å². The zero-order valence-electron chi connectivity index (χ0n) is 16.5. The molecular formula is C21H20N6O2S. The van der Waals surface area contributed by atoms with Gasteiger partial charge in [0, 0.05) is 17.5 Å². The van der Waals surface area contributed by atoms with Crippen LogP contribution in [0.4, 0.5) is 0 Å². The highest BCUT2D eigenvalue weighted by Crippen LogP contribution is 2.27. The number of nitrogens with zero attached hydrogens (tertiary/aromatic N) is 4. The molecule has 0 saturated carbocycles. The Kier molecular flexibility index (Phi) is 5.62. The van der Waals surface area contributed by atoms with Crippen molar-refractivity contribution in [2.24, 2.45) is 0 Å². The van der Waals surface area contributed by atoms with Crippen molar-refractivity contribution < 1.29 is 9.59 Å². The Balaban J connectivity index is 1.47. The average Bonchev–Trinajstić information content (AvgIpc) is 3.10. The van der Waals surface area contributed by atoms with Crippen LogP contribution in [-0.4, -0.2) is 36.8 Å². The number of nitrogens with one attached hydrogen (secondary N) is 2. The number of amides is 2. The minimum Gasteiger partial charge on any atom is -0.324 e. The number of rotatable bonds is 5. The summed E-state index contributed by atoms with van der Waals surface area (Å²) in [6, 6.07) is 16.6. The van der Waals surface area contributed by atoms with Gasteiger partial charge in [0.2, 0.25) is 5.16 Å². The third kappa shape index (κ3) is 3.84. The first kappa shape index (κ1) is 19.8. The average molecular weight is 420 g/mol. The number of benzene rings is 2. The summed E-state index contributed by atoms with van der Waals surface area (Å²) in [7, 11) is 0. The van der Waals surface area contributed by atoms with E-state index in [9.17, 15) is 9.59 Å². The number of fused-ring (bicyclic) bond motifs is 3. The summed E-state index contributed by atoms with van der Waals surface area (Å²) >= 11 is 1.18. The maximum Gasteiger partial charge on any atom is 0.269 e. The molecule has 4 aromatic rings. The molecule has 0 spiro atoms. The van der Waals surface area contributed by atoms with Crippen molar-refractivity contribution in [1.29, 1.82) is 0 Å². The fraction of sp³-hybridized carbons (Fsp3) is 0.190. The molecule has 1 atom stereocenters. The fourth-order valence-electron chi connectivity index (χ4n) is 3.15. The van der Waals surface area contributed by atoms with E-state index in [2.05, 4.69) is 30.6 Å². The summed E-state index contributed by atoms with van der Waals surface area (Å²) in [5.74, 6) is -0.739. The van der Waals surface area contributed by atoms with Gasteiger partial charge in [0.15, 0.2) is 5.65 Å². The summed E-state index contributed by atoms with van der Waals surface area (Å²) in [5.41, 5.74) is 7.85. The number of hydrazine groups is 1. The van der Waals surface area contributed by atoms with Crippen LogP contribution in [0.15, 0.2) is 59.8 Å². The smallest absolute Gasteiger partial charge is 0.269 e. The molecule has 0 fully saturated rings. The maximum atomic E-state index is 12.4. The molecule has 30 heavy (non-hydrogen) atoms. The Morgan fingerprint density at radius 3 is 2.53 bits per heavy atom. The molecule has 8 nitrogen and oxygen atoms in total. The van der Waals surface area contributed by atoms with Gasteiger partial charge < -0.3 is 4.57 Å². The summed E-state index contributed by atoms with van der Waals surface area (Å²) in [6.45, 7) is 4.51. The first-order chi connectivity index (χ1) is 14.6. The van der Waals surface area contributed by atoms with Gasteiger partial charge in [-0.2, -0.15) is 0 Å². The van der Waals surface area contributed by atoms with Crippen LogP contribution in [0, 0.1) is 0 Å². The molecular weight excluding hydrogens is 400 g/mol. The summed E-state index contributed by atoms with van der Waals surface area (Å²) in [6.07, 6.45) is 0. The van der Waals surface area contributed by atoms with E-state index >= 15 is 0 Å². The molecule has 0 aliphatic carbocycles. The molecule has 0 aliphatic rings. The minimum atomic E-state index is -0.528. The van der Waals surface area contributed by atoms with Crippen molar-refractivity contribution in [2.75, 3.05) is 0 Å². The lowest BCUT2D eigenvalue weighted by Gasteiger charge is -2.12. The van der Waals surface area contributed by atoms with Crippen LogP contribution in [0.2, 0.25) is 0 Å². The van der Waals surface area contributed by atoms with Crippen molar-refractivity contribution in [3.05, 3.63) is 60.2 Å². The highest BCUT2D eigenvalue weighted by Gasteiger charge is 2.19. The second kappa shape index (κ2) is 8.50. The quantitative estimate of drug-likeness (QED) is 0.380. The lowest BCUT2D eigenvalue weighted by atomic mass is 10.2. The summed E-state index contributed by atoms with van der Waals surface area (Å²) in [5, 5.41) is 9.41. The van der Waals surface area contributed by atoms with Gasteiger partial charge >= 0.3 is 0 Å². The Morgan fingerprint density at radius 2 is 1.77 bits per heavy atom. The second-order valence-electron chi connectivity index (χ2n) is 6.60. The van der Waals surface area contributed by atoms with E-state index in [-0.39, 0.29) is 11.8 Å². The van der Waals surface area contributed by atoms with Gasteiger partial charge in [0.1, 0.15) is 5.52 Å². The van der Waals surface area contributed by atoms with Crippen molar-refractivity contribution in [3.8, 4) is 0 Å². The molecule has 9 heteroatoms. The van der Waals surface area contributed by atoms with Crippen LogP contribution in [0.25, 0.3) is 22.1 Å². The number of hydrogen-bond donors (Lipinski definition) is 2. The first-order valence-corrected chi connectivity index (χ1v) is 10.4. The normalized spacial score (nSPS) is 12.1. The number of hydrogen-bond acceptors (Lipinski definition) is 6. The molecule has 0 radical (unpaired) electrons. The van der Waals surface area contributed by atoms with E-state index in [1.165, 1.54) is 11.8 Å². The van der Waals surface area contributed by atoms with E-state index in [1.807, 2.05) is 37.3 Å². The Hall–Kier alpha value is -3.46. The van der Waals surface area contributed by atoms with Crippen LogP contribution in [-0.2, 0) is 11.3 Å². The molecule has 0 saturated heterocycles. The summed E-state index contributed by atoms with van der Waals surface area (Å²) < 4.78 is 2.08. The number of para-hydroxylation sites is 1. The Morgan fingerprint density at radius 1 is 1.03 bits per heavy atom. The minimum absolute atomic E-state index is 0.357. The molecule has 0 unspecified atom stereocenters. The van der Waals surface area contributed by atoms with E-state index in [4.69, 9.17) is 0 Å². The topological polar surface area (TPSA) is 102 Å². The van der Waals surface area contributed by atoms with Crippen LogP contribution >= 0.6 is 11.8 Å². The SMILES string of the molecule is CCn1c2ccccc2c2nnc(S[C@@H](C)C(=O)NNC(=O)c3ccccc3)nc21. The number of carbonyl (C=O) groups is 2. The monoisotopic (exact) mass is 420 g/mol. The highest BCUT2D eigenvalue weighted by molar-refractivity contribution is 8.00. The van der Waals surface area contributed by atoms with Crippen LogP contribution < -0.4 is 10.9 Å². The van der Waals surface area contributed by atoms with Gasteiger partial charge in [-0.15, -0.1) is 10.2 Å². The summed E-state index contributed by atoms with van der Waals surface area (Å²) in [4.78, 5) is 29.1. The number of aromatic nitrogens is 4. The molecule has 152 valence electrons. The number of thioether (sulfide) groups is 1. The predicted molar refractivity (Wildman–Crippen MR) is 116 cm³/mol. The van der Waals surface area contributed by atoms with Gasteiger partial charge in [-0.25, -0.2) is 4.98 Å². The molecule has 2 amide bonds. The third-order valence-electron chi connectivity index (χ3n) is 4.66. The van der Waals surface area contributed by atoms with E-state index in [1.54, 1.807) is 31.2 Å². The second-order valence-corrected chi connectivity index (χ2v) is 7.91. The standard InChI is InChI=1S/C21H20N6O2S/c1-3-27-16-12-8-7-11-15(16)17-18(27)22-21(26-23-17)30-13(2)19(28)24-25-20(29)14-9-5-4-6-10-14/h4-13H,3H2,1-2H3,(H,24,28)(H,25,29)/t13-/m0/s1. The molecule has 0 bridgehead atoms. The van der Waals surface area contributed by atoms with Gasteiger partial charge in [-0.1, -0.05) is 48.2 Å². The first-order valence-electron chi connectivity index (χ1n) is 9.52. The lowest BCUT2D eigenvalue weighted by Crippen LogP contribution is -2.44. The van der Waals surface area contributed by atoms with Gasteiger partial charge in [-0.05, 0) is 32.0 Å². The van der Waals surface area contributed by atoms with Crippen LogP contribution in [0.3, 0.4) is 0 Å². The van der Waals surface area contributed by atoms with Crippen molar-refractivity contribution in [1.82, 2.24) is 30.6 Å². The van der Waals surface area contributed by atoms with E-state index < -0.39 is 5.25 Å². The molecule has 2 heterocycles. The van der Waals surface area contributed by atoms with Gasteiger partial charge in [-0.3, -0.25) is 20.4 Å². The zero-order chi connectivity index (χ0) is 21.1. The molecule has 0 aliphatic heterocycles. The van der Waals surface area contributed by atoms with Gasteiger partial charge in [0.05, 0.1) is 10.8 Å². The number of carbonyl (C=O) groups excluding carboxylic acids is 2. The van der Waals surface area contributed by atoms with Crippen molar-refractivity contribution >= 4 is 45.6 Å². The van der Waals surface area contributed by atoms with E-state index in [0.717, 1.165) is 28.6 Å². The fourth-order valence-corrected chi connectivity index (χ4v) is 3.86. The Bertz CT molecular complexity index is 1220. The van der Waals surface area contributed by atoms with Crippen LogP contribution in [0.5, 0.6) is 0 Å². The largest absolute Gasteiger partial charge is 0.324 e. The zero-order valence-corrected chi connectivity index (χ0v) is 17.3. The van der Waals surface area contributed by atoms with E-state index in [0.29, 0.717) is 10.7 Å². The molecule has 2 N–H and O–H groups in total. The maximum absolute atomic E-state index is 12.4. The Labute approximate surface area is 177 Å². The molecule has 4 rings (SSSR count). The third-order valence-corrected chi connectivity index (χ3v) is 5.61. The van der Waals surface area contributed by atoms with Crippen molar-refractivity contribution in [3.63, 3.8) is 0 Å². The predicted octanol–water partition coefficient (Wildman–Crippen LogP) is 2.94.